The number of carbonyl (C=O) groups is 1. The van der Waals surface area contributed by atoms with E-state index >= 15 is 0 Å². The van der Waals surface area contributed by atoms with Gasteiger partial charge >= 0.3 is 0 Å². The quantitative estimate of drug-likeness (QED) is 0.757. The van der Waals surface area contributed by atoms with Crippen LogP contribution in [-0.4, -0.2) is 11.0 Å². The van der Waals surface area contributed by atoms with Crippen LogP contribution >= 0.6 is 11.8 Å². The van der Waals surface area contributed by atoms with Gasteiger partial charge in [0.2, 0.25) is 0 Å². The molecule has 0 N–H and O–H groups in total. The molecule has 82 valence electrons. The van der Waals surface area contributed by atoms with Gasteiger partial charge in [-0.05, 0) is 25.0 Å². The van der Waals surface area contributed by atoms with Gasteiger partial charge in [0.05, 0.1) is 5.25 Å². The van der Waals surface area contributed by atoms with E-state index in [1.807, 2.05) is 19.9 Å². The highest BCUT2D eigenvalue weighted by Crippen LogP contribution is 2.21. The average Bonchev–Trinajstić information content (AvgIpc) is 2.26. The summed E-state index contributed by atoms with van der Waals surface area (Å²) in [5.41, 5.74) is 2.64. The average molecular weight is 222 g/mol. The van der Waals surface area contributed by atoms with Gasteiger partial charge < -0.3 is 0 Å². The zero-order valence-electron chi connectivity index (χ0n) is 9.62. The number of thioether (sulfide) groups is 1. The van der Waals surface area contributed by atoms with Crippen molar-refractivity contribution in [2.24, 2.45) is 0 Å². The molecular formula is C13H18OS. The second kappa shape index (κ2) is 5.96. The first-order chi connectivity index (χ1) is 7.15. The van der Waals surface area contributed by atoms with Crippen LogP contribution in [0.1, 0.15) is 31.4 Å². The summed E-state index contributed by atoms with van der Waals surface area (Å²) in [6.07, 6.45) is 0.641. The highest BCUT2D eigenvalue weighted by atomic mass is 32.2. The maximum atomic E-state index is 11.4. The van der Waals surface area contributed by atoms with Crippen molar-refractivity contribution in [1.82, 2.24) is 0 Å². The molecule has 1 rings (SSSR count). The van der Waals surface area contributed by atoms with E-state index in [1.165, 1.54) is 11.1 Å². The number of Topliss-reactive ketones (excluding diaryl/α,β-unsaturated/α-hetero) is 1. The van der Waals surface area contributed by atoms with Crippen LogP contribution in [0.4, 0.5) is 0 Å². The smallest absolute Gasteiger partial charge is 0.145 e. The maximum absolute atomic E-state index is 11.4. The summed E-state index contributed by atoms with van der Waals surface area (Å²) in [5, 5.41) is 0.120. The fourth-order valence-corrected chi connectivity index (χ4v) is 2.47. The van der Waals surface area contributed by atoms with E-state index in [4.69, 9.17) is 0 Å². The van der Waals surface area contributed by atoms with Gasteiger partial charge in [-0.3, -0.25) is 4.79 Å². The summed E-state index contributed by atoms with van der Waals surface area (Å²) >= 11 is 1.73. The molecule has 0 amide bonds. The van der Waals surface area contributed by atoms with Crippen LogP contribution in [0.3, 0.4) is 0 Å². The molecule has 15 heavy (non-hydrogen) atoms. The highest BCUT2D eigenvalue weighted by molar-refractivity contribution is 7.99. The Kier molecular flexibility index (Phi) is 4.89. The molecule has 1 nitrogen and oxygen atoms in total. The van der Waals surface area contributed by atoms with Crippen LogP contribution in [0.15, 0.2) is 24.3 Å². The molecule has 0 aliphatic carbocycles. The monoisotopic (exact) mass is 222 g/mol. The minimum Gasteiger partial charge on any atom is -0.298 e. The van der Waals surface area contributed by atoms with Crippen molar-refractivity contribution in [2.45, 2.75) is 38.2 Å². The number of aryl methyl sites for hydroxylation is 1. The van der Waals surface area contributed by atoms with Gasteiger partial charge in [-0.2, -0.15) is 0 Å². The predicted molar refractivity (Wildman–Crippen MR) is 67.2 cm³/mol. The highest BCUT2D eigenvalue weighted by Gasteiger charge is 2.11. The van der Waals surface area contributed by atoms with E-state index in [1.54, 1.807) is 11.8 Å². The third-order valence-electron chi connectivity index (χ3n) is 2.55. The third-order valence-corrected chi connectivity index (χ3v) is 3.79. The molecule has 1 aromatic rings. The Morgan fingerprint density at radius 3 is 2.67 bits per heavy atom. The molecule has 0 radical (unpaired) electrons. The van der Waals surface area contributed by atoms with Crippen LogP contribution in [0.25, 0.3) is 0 Å². The number of carbonyl (C=O) groups excluding carboxylic acids is 1. The number of hydrogen-bond donors (Lipinski definition) is 0. The molecule has 0 bridgehead atoms. The summed E-state index contributed by atoms with van der Waals surface area (Å²) in [7, 11) is 0. The molecule has 0 saturated carbocycles. The first-order valence-corrected chi connectivity index (χ1v) is 6.38. The second-order valence-electron chi connectivity index (χ2n) is 3.70. The fraction of sp³-hybridized carbons (Fsp3) is 0.462. The lowest BCUT2D eigenvalue weighted by atomic mass is 10.1. The number of hydrogen-bond acceptors (Lipinski definition) is 2. The zero-order valence-corrected chi connectivity index (χ0v) is 10.4. The molecule has 0 spiro atoms. The lowest BCUT2D eigenvalue weighted by Crippen LogP contribution is -2.11. The van der Waals surface area contributed by atoms with Crippen molar-refractivity contribution < 1.29 is 4.79 Å². The minimum atomic E-state index is 0.120. The van der Waals surface area contributed by atoms with Crippen LogP contribution < -0.4 is 0 Å². The van der Waals surface area contributed by atoms with E-state index in [9.17, 15) is 4.79 Å². The summed E-state index contributed by atoms with van der Waals surface area (Å²) in [5.74, 6) is 1.27. The van der Waals surface area contributed by atoms with E-state index < -0.39 is 0 Å². The molecule has 0 fully saturated rings. The van der Waals surface area contributed by atoms with Gasteiger partial charge in [0.15, 0.2) is 0 Å². The molecule has 0 aliphatic heterocycles. The van der Waals surface area contributed by atoms with Crippen molar-refractivity contribution >= 4 is 17.5 Å². The summed E-state index contributed by atoms with van der Waals surface area (Å²) < 4.78 is 0. The Morgan fingerprint density at radius 2 is 2.07 bits per heavy atom. The van der Waals surface area contributed by atoms with Gasteiger partial charge in [0.25, 0.3) is 0 Å². The summed E-state index contributed by atoms with van der Waals surface area (Å²) in [6, 6.07) is 8.34. The SMILES string of the molecule is CCC(=O)C(C)SCc1ccccc1C. The summed E-state index contributed by atoms with van der Waals surface area (Å²) in [6.45, 7) is 6.03. The first kappa shape index (κ1) is 12.3. The van der Waals surface area contributed by atoms with Gasteiger partial charge in [-0.15, -0.1) is 11.8 Å². The third kappa shape index (κ3) is 3.71. The van der Waals surface area contributed by atoms with E-state index in [2.05, 4.69) is 25.1 Å². The first-order valence-electron chi connectivity index (χ1n) is 5.34. The lowest BCUT2D eigenvalue weighted by Gasteiger charge is -2.10. The maximum Gasteiger partial charge on any atom is 0.145 e. The Hall–Kier alpha value is -0.760. The number of rotatable bonds is 5. The van der Waals surface area contributed by atoms with Crippen LogP contribution in [0.5, 0.6) is 0 Å². The van der Waals surface area contributed by atoms with Crippen molar-refractivity contribution in [3.8, 4) is 0 Å². The number of benzene rings is 1. The van der Waals surface area contributed by atoms with Gasteiger partial charge in [-0.1, -0.05) is 31.2 Å². The Balaban J connectivity index is 2.50. The van der Waals surface area contributed by atoms with Gasteiger partial charge in [-0.25, -0.2) is 0 Å². The van der Waals surface area contributed by atoms with Crippen molar-refractivity contribution in [3.63, 3.8) is 0 Å². The number of ketones is 1. The van der Waals surface area contributed by atoms with E-state index in [0.29, 0.717) is 12.2 Å². The molecule has 0 saturated heterocycles. The van der Waals surface area contributed by atoms with Crippen LogP contribution in [-0.2, 0) is 10.5 Å². The molecule has 1 unspecified atom stereocenters. The minimum absolute atomic E-state index is 0.120. The molecule has 1 atom stereocenters. The summed E-state index contributed by atoms with van der Waals surface area (Å²) in [4.78, 5) is 11.4. The topological polar surface area (TPSA) is 17.1 Å². The van der Waals surface area contributed by atoms with Gasteiger partial charge in [0, 0.05) is 12.2 Å². The van der Waals surface area contributed by atoms with Gasteiger partial charge in [0.1, 0.15) is 5.78 Å². The van der Waals surface area contributed by atoms with E-state index in [0.717, 1.165) is 5.75 Å². The molecule has 0 heterocycles. The lowest BCUT2D eigenvalue weighted by molar-refractivity contribution is -0.117. The van der Waals surface area contributed by atoms with Crippen molar-refractivity contribution in [2.75, 3.05) is 0 Å². The molecule has 0 aromatic heterocycles. The molecule has 2 heteroatoms. The second-order valence-corrected chi connectivity index (χ2v) is 5.03. The Bertz CT molecular complexity index is 333. The predicted octanol–water partition coefficient (Wildman–Crippen LogP) is 3.60. The van der Waals surface area contributed by atoms with E-state index in [-0.39, 0.29) is 5.25 Å². The Morgan fingerprint density at radius 1 is 1.40 bits per heavy atom. The van der Waals surface area contributed by atoms with Crippen molar-refractivity contribution in [3.05, 3.63) is 35.4 Å². The molecule has 1 aromatic carbocycles. The van der Waals surface area contributed by atoms with Crippen LogP contribution in [0.2, 0.25) is 0 Å². The fourth-order valence-electron chi connectivity index (χ4n) is 1.37. The zero-order chi connectivity index (χ0) is 11.3. The molecular weight excluding hydrogens is 204 g/mol. The standard InChI is InChI=1S/C13H18OS/c1-4-13(14)11(3)15-9-12-8-6-5-7-10(12)2/h5-8,11H,4,9H2,1-3H3. The van der Waals surface area contributed by atoms with Crippen molar-refractivity contribution in [1.29, 1.82) is 0 Å². The largest absolute Gasteiger partial charge is 0.298 e. The molecule has 0 aliphatic rings. The normalized spacial score (nSPS) is 12.5. The Labute approximate surface area is 96.3 Å². The van der Waals surface area contributed by atoms with Crippen LogP contribution in [0, 0.1) is 6.92 Å².